The topological polar surface area (TPSA) is 54.4 Å². The summed E-state index contributed by atoms with van der Waals surface area (Å²) in [5.41, 5.74) is 0.278. The number of rotatable bonds is 3. The molecule has 0 saturated heterocycles. The van der Waals surface area contributed by atoms with Gasteiger partial charge in [-0.15, -0.1) is 0 Å². The predicted molar refractivity (Wildman–Crippen MR) is 74.7 cm³/mol. The fourth-order valence-corrected chi connectivity index (χ4v) is 3.29. The standard InChI is InChI=1S/C14H13ClO3S/c1-14(16,11-7-9-12(15)10-8-11)19(17,18)13-5-3-2-4-6-13/h2-10,16H,1H3. The summed E-state index contributed by atoms with van der Waals surface area (Å²) < 4.78 is 24.9. The SMILES string of the molecule is CC(O)(c1ccc(Cl)cc1)S(=O)(=O)c1ccccc1. The monoisotopic (exact) mass is 296 g/mol. The van der Waals surface area contributed by atoms with Crippen molar-refractivity contribution in [2.24, 2.45) is 0 Å². The average Bonchev–Trinajstić information content (AvgIpc) is 2.40. The van der Waals surface area contributed by atoms with Crippen molar-refractivity contribution in [2.75, 3.05) is 0 Å². The minimum atomic E-state index is -3.89. The Morgan fingerprint density at radius 2 is 1.53 bits per heavy atom. The lowest BCUT2D eigenvalue weighted by atomic mass is 10.1. The third kappa shape index (κ3) is 2.52. The van der Waals surface area contributed by atoms with Crippen LogP contribution in [-0.4, -0.2) is 13.5 Å². The average molecular weight is 297 g/mol. The molecular formula is C14H13ClO3S. The van der Waals surface area contributed by atoms with Crippen LogP contribution in [0.2, 0.25) is 5.02 Å². The molecule has 0 aromatic heterocycles. The van der Waals surface area contributed by atoms with Crippen molar-refractivity contribution in [3.63, 3.8) is 0 Å². The number of sulfone groups is 1. The molecule has 1 N–H and O–H groups in total. The van der Waals surface area contributed by atoms with Crippen LogP contribution in [0.4, 0.5) is 0 Å². The van der Waals surface area contributed by atoms with E-state index in [1.165, 1.54) is 31.2 Å². The first-order valence-electron chi connectivity index (χ1n) is 5.64. The molecule has 1 unspecified atom stereocenters. The molecule has 2 aromatic carbocycles. The Kier molecular flexibility index (Phi) is 3.67. The van der Waals surface area contributed by atoms with Gasteiger partial charge in [0, 0.05) is 5.02 Å². The fraction of sp³-hybridized carbons (Fsp3) is 0.143. The highest BCUT2D eigenvalue weighted by atomic mass is 35.5. The highest BCUT2D eigenvalue weighted by Crippen LogP contribution is 2.33. The Hall–Kier alpha value is -1.36. The molecule has 0 saturated carbocycles. The summed E-state index contributed by atoms with van der Waals surface area (Å²) in [4.78, 5) is -1.92. The summed E-state index contributed by atoms with van der Waals surface area (Å²) in [6.45, 7) is 1.26. The molecule has 0 aliphatic heterocycles. The minimum Gasteiger partial charge on any atom is -0.371 e. The van der Waals surface area contributed by atoms with E-state index in [1.54, 1.807) is 30.3 Å². The van der Waals surface area contributed by atoms with Gasteiger partial charge in [0.05, 0.1) is 4.90 Å². The van der Waals surface area contributed by atoms with Crippen LogP contribution in [0.5, 0.6) is 0 Å². The number of halogens is 1. The van der Waals surface area contributed by atoms with Crippen LogP contribution >= 0.6 is 11.6 Å². The van der Waals surface area contributed by atoms with E-state index in [9.17, 15) is 13.5 Å². The molecule has 3 nitrogen and oxygen atoms in total. The van der Waals surface area contributed by atoms with Crippen molar-refractivity contribution in [3.8, 4) is 0 Å². The van der Waals surface area contributed by atoms with E-state index in [-0.39, 0.29) is 10.5 Å². The zero-order chi connectivity index (χ0) is 14.1. The Balaban J connectivity index is 2.53. The van der Waals surface area contributed by atoms with Gasteiger partial charge in [-0.05, 0) is 36.8 Å². The summed E-state index contributed by atoms with van der Waals surface area (Å²) in [6, 6.07) is 14.0. The summed E-state index contributed by atoms with van der Waals surface area (Å²) in [6.07, 6.45) is 0. The van der Waals surface area contributed by atoms with E-state index in [2.05, 4.69) is 0 Å². The lowest BCUT2D eigenvalue weighted by Gasteiger charge is -2.24. The Labute approximate surface area is 117 Å². The zero-order valence-corrected chi connectivity index (χ0v) is 11.8. The number of aliphatic hydroxyl groups is 1. The smallest absolute Gasteiger partial charge is 0.211 e. The first-order chi connectivity index (χ1) is 8.85. The van der Waals surface area contributed by atoms with Crippen molar-refractivity contribution in [2.45, 2.75) is 16.8 Å². The molecule has 1 atom stereocenters. The normalized spacial score (nSPS) is 14.9. The van der Waals surface area contributed by atoms with E-state index in [4.69, 9.17) is 11.6 Å². The molecule has 0 amide bonds. The van der Waals surface area contributed by atoms with Crippen LogP contribution in [-0.2, 0) is 14.8 Å². The Bertz CT molecular complexity index is 662. The van der Waals surface area contributed by atoms with E-state index in [0.29, 0.717) is 5.02 Å². The molecule has 0 fully saturated rings. The van der Waals surface area contributed by atoms with Gasteiger partial charge in [-0.1, -0.05) is 41.9 Å². The van der Waals surface area contributed by atoms with Crippen LogP contribution in [0.25, 0.3) is 0 Å². The summed E-state index contributed by atoms with van der Waals surface area (Å²) in [5, 5.41) is 10.9. The van der Waals surface area contributed by atoms with Crippen molar-refractivity contribution in [3.05, 3.63) is 65.2 Å². The van der Waals surface area contributed by atoms with Gasteiger partial charge in [0.1, 0.15) is 0 Å². The van der Waals surface area contributed by atoms with E-state index in [0.717, 1.165) is 0 Å². The van der Waals surface area contributed by atoms with Crippen molar-refractivity contribution < 1.29 is 13.5 Å². The van der Waals surface area contributed by atoms with Crippen LogP contribution < -0.4 is 0 Å². The molecule has 0 heterocycles. The van der Waals surface area contributed by atoms with E-state index < -0.39 is 14.8 Å². The Morgan fingerprint density at radius 1 is 1.00 bits per heavy atom. The van der Waals surface area contributed by atoms with Crippen LogP contribution in [0, 0.1) is 0 Å². The molecule has 0 radical (unpaired) electrons. The third-order valence-corrected chi connectivity index (χ3v) is 5.38. The maximum Gasteiger partial charge on any atom is 0.211 e. The van der Waals surface area contributed by atoms with E-state index in [1.807, 2.05) is 0 Å². The Morgan fingerprint density at radius 3 is 2.05 bits per heavy atom. The van der Waals surface area contributed by atoms with Gasteiger partial charge in [0.15, 0.2) is 4.93 Å². The molecule has 2 aromatic rings. The third-order valence-electron chi connectivity index (χ3n) is 2.96. The van der Waals surface area contributed by atoms with Crippen LogP contribution in [0.15, 0.2) is 59.5 Å². The lowest BCUT2D eigenvalue weighted by molar-refractivity contribution is 0.145. The second-order valence-electron chi connectivity index (χ2n) is 4.31. The molecular weight excluding hydrogens is 284 g/mol. The van der Waals surface area contributed by atoms with Gasteiger partial charge >= 0.3 is 0 Å². The summed E-state index contributed by atoms with van der Waals surface area (Å²) in [7, 11) is -3.89. The van der Waals surface area contributed by atoms with Crippen LogP contribution in [0.1, 0.15) is 12.5 Å². The predicted octanol–water partition coefficient (Wildman–Crippen LogP) is 2.98. The molecule has 19 heavy (non-hydrogen) atoms. The minimum absolute atomic E-state index is 0.0787. The highest BCUT2D eigenvalue weighted by molar-refractivity contribution is 7.92. The fourth-order valence-electron chi connectivity index (χ4n) is 1.74. The largest absolute Gasteiger partial charge is 0.371 e. The lowest BCUT2D eigenvalue weighted by Crippen LogP contribution is -2.32. The maximum atomic E-state index is 12.5. The maximum absolute atomic E-state index is 12.5. The van der Waals surface area contributed by atoms with Crippen molar-refractivity contribution in [1.82, 2.24) is 0 Å². The molecule has 0 bridgehead atoms. The van der Waals surface area contributed by atoms with Gasteiger partial charge < -0.3 is 5.11 Å². The molecule has 100 valence electrons. The van der Waals surface area contributed by atoms with Gasteiger partial charge in [0.25, 0.3) is 0 Å². The molecule has 5 heteroatoms. The number of hydrogen-bond acceptors (Lipinski definition) is 3. The first kappa shape index (κ1) is 14.1. The number of hydrogen-bond donors (Lipinski definition) is 1. The molecule has 0 spiro atoms. The van der Waals surface area contributed by atoms with Crippen molar-refractivity contribution in [1.29, 1.82) is 0 Å². The zero-order valence-electron chi connectivity index (χ0n) is 10.2. The quantitative estimate of drug-likeness (QED) is 0.947. The van der Waals surface area contributed by atoms with Gasteiger partial charge in [-0.25, -0.2) is 8.42 Å². The van der Waals surface area contributed by atoms with Crippen LogP contribution in [0.3, 0.4) is 0 Å². The second-order valence-corrected chi connectivity index (χ2v) is 7.02. The highest BCUT2D eigenvalue weighted by Gasteiger charge is 2.39. The summed E-state index contributed by atoms with van der Waals surface area (Å²) >= 11 is 5.76. The van der Waals surface area contributed by atoms with Gasteiger partial charge in [0.2, 0.25) is 9.84 Å². The van der Waals surface area contributed by atoms with Gasteiger partial charge in [-0.3, -0.25) is 0 Å². The van der Waals surface area contributed by atoms with Crippen molar-refractivity contribution >= 4 is 21.4 Å². The molecule has 0 aliphatic carbocycles. The first-order valence-corrected chi connectivity index (χ1v) is 7.50. The molecule has 0 aliphatic rings. The van der Waals surface area contributed by atoms with Gasteiger partial charge in [-0.2, -0.15) is 0 Å². The number of benzene rings is 2. The summed E-state index contributed by atoms with van der Waals surface area (Å²) in [5.74, 6) is 0. The van der Waals surface area contributed by atoms with E-state index >= 15 is 0 Å². The molecule has 2 rings (SSSR count). The second kappa shape index (κ2) is 4.96.